The zero-order valence-corrected chi connectivity index (χ0v) is 14.2. The first-order valence-electron chi connectivity index (χ1n) is 9.15. The van der Waals surface area contributed by atoms with Crippen LogP contribution in [0, 0.1) is 0 Å². The van der Waals surface area contributed by atoms with Crippen LogP contribution < -0.4 is 0 Å². The van der Waals surface area contributed by atoms with Gasteiger partial charge in [0.25, 0.3) is 0 Å². The summed E-state index contributed by atoms with van der Waals surface area (Å²) in [6.45, 7) is 4.82. The largest absolute Gasteiger partial charge is 0.381 e. The number of aromatic nitrogens is 3. The van der Waals surface area contributed by atoms with Crippen LogP contribution in [0.5, 0.6) is 0 Å². The van der Waals surface area contributed by atoms with Gasteiger partial charge in [0, 0.05) is 19.1 Å². The molecule has 2 fully saturated rings. The van der Waals surface area contributed by atoms with Crippen LogP contribution >= 0.6 is 0 Å². The zero-order chi connectivity index (χ0) is 16.2. The number of nitrogens with zero attached hydrogens (tertiary/aromatic N) is 3. The lowest BCUT2D eigenvalue weighted by molar-refractivity contribution is 0.0836. The van der Waals surface area contributed by atoms with Crippen LogP contribution in [0.15, 0.2) is 30.3 Å². The first-order valence-corrected chi connectivity index (χ1v) is 9.15. The molecule has 1 aromatic carbocycles. The standard InChI is InChI=1S/C19H26N4O/c1-2-4-15(5-3-1)16-6-10-23(11-7-16)14-18-20-19(22-21-18)17-8-12-24-13-9-17/h1-5,16-17H,6-14H2,(H,20,21,22). The van der Waals surface area contributed by atoms with Crippen LogP contribution in [0.3, 0.4) is 0 Å². The van der Waals surface area contributed by atoms with Crippen LogP contribution in [0.4, 0.5) is 0 Å². The van der Waals surface area contributed by atoms with Crippen molar-refractivity contribution in [3.8, 4) is 0 Å². The van der Waals surface area contributed by atoms with Gasteiger partial charge < -0.3 is 4.74 Å². The number of aromatic amines is 1. The van der Waals surface area contributed by atoms with Gasteiger partial charge in [0.05, 0.1) is 6.54 Å². The van der Waals surface area contributed by atoms with Gasteiger partial charge in [-0.05, 0) is 50.3 Å². The van der Waals surface area contributed by atoms with Crippen LogP contribution in [0.25, 0.3) is 0 Å². The number of piperidine rings is 1. The van der Waals surface area contributed by atoms with E-state index in [-0.39, 0.29) is 0 Å². The molecule has 2 aliphatic rings. The van der Waals surface area contributed by atoms with Crippen molar-refractivity contribution in [1.29, 1.82) is 0 Å². The van der Waals surface area contributed by atoms with E-state index in [1.165, 1.54) is 18.4 Å². The summed E-state index contributed by atoms with van der Waals surface area (Å²) >= 11 is 0. The summed E-state index contributed by atoms with van der Waals surface area (Å²) in [5, 5.41) is 7.60. The molecule has 0 unspecified atom stereocenters. The topological polar surface area (TPSA) is 54.0 Å². The molecule has 1 N–H and O–H groups in total. The second kappa shape index (κ2) is 7.45. The van der Waals surface area contributed by atoms with E-state index in [0.29, 0.717) is 11.8 Å². The maximum Gasteiger partial charge on any atom is 0.154 e. The van der Waals surface area contributed by atoms with E-state index in [2.05, 4.69) is 45.4 Å². The van der Waals surface area contributed by atoms with E-state index >= 15 is 0 Å². The first kappa shape index (κ1) is 15.8. The van der Waals surface area contributed by atoms with E-state index in [1.807, 2.05) is 0 Å². The molecule has 4 rings (SSSR count). The molecular formula is C19H26N4O. The minimum atomic E-state index is 0.465. The predicted octanol–water partition coefficient (Wildman–Crippen LogP) is 3.08. The third-order valence-corrected chi connectivity index (χ3v) is 5.37. The highest BCUT2D eigenvalue weighted by Crippen LogP contribution is 2.28. The molecule has 128 valence electrons. The van der Waals surface area contributed by atoms with Gasteiger partial charge in [0.1, 0.15) is 5.82 Å². The van der Waals surface area contributed by atoms with E-state index in [4.69, 9.17) is 9.72 Å². The summed E-state index contributed by atoms with van der Waals surface area (Å²) in [5.41, 5.74) is 1.48. The first-order chi connectivity index (χ1) is 11.9. The Morgan fingerprint density at radius 3 is 2.50 bits per heavy atom. The lowest BCUT2D eigenvalue weighted by Crippen LogP contribution is -2.32. The molecule has 0 amide bonds. The van der Waals surface area contributed by atoms with Crippen LogP contribution in [-0.4, -0.2) is 46.4 Å². The van der Waals surface area contributed by atoms with Gasteiger partial charge >= 0.3 is 0 Å². The highest BCUT2D eigenvalue weighted by molar-refractivity contribution is 5.20. The van der Waals surface area contributed by atoms with E-state index in [0.717, 1.165) is 57.3 Å². The molecule has 0 radical (unpaired) electrons. The Bertz CT molecular complexity index is 628. The van der Waals surface area contributed by atoms with Gasteiger partial charge in [-0.25, -0.2) is 4.98 Å². The molecule has 5 nitrogen and oxygen atoms in total. The van der Waals surface area contributed by atoms with Crippen LogP contribution in [-0.2, 0) is 11.3 Å². The fraction of sp³-hybridized carbons (Fsp3) is 0.579. The average Bonchev–Trinajstić information content (AvgIpc) is 3.12. The molecule has 3 heterocycles. The molecule has 2 saturated heterocycles. The summed E-state index contributed by atoms with van der Waals surface area (Å²) in [4.78, 5) is 7.24. The summed E-state index contributed by atoms with van der Waals surface area (Å²) in [6.07, 6.45) is 4.54. The van der Waals surface area contributed by atoms with Crippen molar-refractivity contribution >= 4 is 0 Å². The molecule has 0 aliphatic carbocycles. The van der Waals surface area contributed by atoms with Crippen molar-refractivity contribution in [1.82, 2.24) is 20.1 Å². The molecule has 2 aromatic rings. The number of nitrogens with one attached hydrogen (secondary N) is 1. The van der Waals surface area contributed by atoms with Crippen molar-refractivity contribution in [3.63, 3.8) is 0 Å². The van der Waals surface area contributed by atoms with E-state index < -0.39 is 0 Å². The zero-order valence-electron chi connectivity index (χ0n) is 14.2. The van der Waals surface area contributed by atoms with Gasteiger partial charge in [-0.2, -0.15) is 5.10 Å². The lowest BCUT2D eigenvalue weighted by atomic mass is 9.89. The lowest BCUT2D eigenvalue weighted by Gasteiger charge is -2.31. The van der Waals surface area contributed by atoms with E-state index in [9.17, 15) is 0 Å². The highest BCUT2D eigenvalue weighted by Gasteiger charge is 2.23. The Kier molecular flexibility index (Phi) is 4.90. The Hall–Kier alpha value is -1.72. The maximum absolute atomic E-state index is 5.42. The number of hydrogen-bond acceptors (Lipinski definition) is 4. The second-order valence-corrected chi connectivity index (χ2v) is 6.99. The summed E-state index contributed by atoms with van der Waals surface area (Å²) < 4.78 is 5.42. The Labute approximate surface area is 143 Å². The van der Waals surface area contributed by atoms with Crippen molar-refractivity contribution in [2.45, 2.75) is 44.1 Å². The Morgan fingerprint density at radius 2 is 1.75 bits per heavy atom. The monoisotopic (exact) mass is 326 g/mol. The summed E-state index contributed by atoms with van der Waals surface area (Å²) in [5.74, 6) is 3.16. The van der Waals surface area contributed by atoms with Crippen molar-refractivity contribution in [2.75, 3.05) is 26.3 Å². The van der Waals surface area contributed by atoms with Crippen molar-refractivity contribution < 1.29 is 4.74 Å². The molecular weight excluding hydrogens is 300 g/mol. The molecule has 24 heavy (non-hydrogen) atoms. The Balaban J connectivity index is 1.30. The molecule has 0 spiro atoms. The third-order valence-electron chi connectivity index (χ3n) is 5.37. The van der Waals surface area contributed by atoms with Gasteiger partial charge in [0.15, 0.2) is 5.82 Å². The number of ether oxygens (including phenoxy) is 1. The van der Waals surface area contributed by atoms with Crippen LogP contribution in [0.2, 0.25) is 0 Å². The van der Waals surface area contributed by atoms with Gasteiger partial charge in [0.2, 0.25) is 0 Å². The highest BCUT2D eigenvalue weighted by atomic mass is 16.5. The minimum Gasteiger partial charge on any atom is -0.381 e. The number of hydrogen-bond donors (Lipinski definition) is 1. The minimum absolute atomic E-state index is 0.465. The quantitative estimate of drug-likeness (QED) is 0.938. The van der Waals surface area contributed by atoms with Gasteiger partial charge in [-0.1, -0.05) is 30.3 Å². The van der Waals surface area contributed by atoms with Crippen molar-refractivity contribution in [3.05, 3.63) is 47.5 Å². The average molecular weight is 326 g/mol. The van der Waals surface area contributed by atoms with Crippen LogP contribution in [0.1, 0.15) is 54.7 Å². The summed E-state index contributed by atoms with van der Waals surface area (Å²) in [6, 6.07) is 10.9. The normalized spacial score (nSPS) is 21.2. The molecule has 0 bridgehead atoms. The van der Waals surface area contributed by atoms with Gasteiger partial charge in [-0.3, -0.25) is 10.00 Å². The predicted molar refractivity (Wildman–Crippen MR) is 92.9 cm³/mol. The molecule has 2 aliphatic heterocycles. The summed E-state index contributed by atoms with van der Waals surface area (Å²) in [7, 11) is 0. The van der Waals surface area contributed by atoms with Gasteiger partial charge in [-0.15, -0.1) is 0 Å². The molecule has 0 atom stereocenters. The third kappa shape index (κ3) is 3.68. The number of likely N-dealkylation sites (tertiary alicyclic amines) is 1. The number of H-pyrrole nitrogens is 1. The Morgan fingerprint density at radius 1 is 1.00 bits per heavy atom. The fourth-order valence-electron chi connectivity index (χ4n) is 3.88. The van der Waals surface area contributed by atoms with E-state index in [1.54, 1.807) is 0 Å². The molecule has 0 saturated carbocycles. The maximum atomic E-state index is 5.42. The number of rotatable bonds is 4. The molecule has 1 aromatic heterocycles. The smallest absolute Gasteiger partial charge is 0.154 e. The van der Waals surface area contributed by atoms with Crippen molar-refractivity contribution in [2.24, 2.45) is 0 Å². The fourth-order valence-corrected chi connectivity index (χ4v) is 3.88. The SMILES string of the molecule is c1ccc(C2CCN(Cc3nc(C4CCOCC4)n[nH]3)CC2)cc1. The number of benzene rings is 1. The molecule has 5 heteroatoms. The second-order valence-electron chi connectivity index (χ2n) is 6.99.